The van der Waals surface area contributed by atoms with Crippen LogP contribution in [-0.2, 0) is 0 Å². The Balaban J connectivity index is 0. The molecule has 0 radical (unpaired) electrons. The Hall–Kier alpha value is -0.720. The highest BCUT2D eigenvalue weighted by atomic mass is 14.8. The Morgan fingerprint density at radius 2 is 2.00 bits per heavy atom. The van der Waals surface area contributed by atoms with Gasteiger partial charge in [-0.3, -0.25) is 0 Å². The van der Waals surface area contributed by atoms with E-state index >= 15 is 0 Å². The second-order valence-corrected chi connectivity index (χ2v) is 1.31. The third-order valence-corrected chi connectivity index (χ3v) is 0.733. The van der Waals surface area contributed by atoms with Crippen LogP contribution in [0.5, 0.6) is 0 Å². The Kier molecular flexibility index (Phi) is 12.7. The van der Waals surface area contributed by atoms with E-state index in [2.05, 4.69) is 18.5 Å². The summed E-state index contributed by atoms with van der Waals surface area (Å²) in [6.07, 6.45) is 2.60. The van der Waals surface area contributed by atoms with Gasteiger partial charge >= 0.3 is 0 Å². The van der Waals surface area contributed by atoms with E-state index in [1.807, 2.05) is 20.8 Å². The van der Waals surface area contributed by atoms with Crippen molar-refractivity contribution in [2.45, 2.75) is 27.2 Å². The fourth-order valence-corrected chi connectivity index (χ4v) is 0.246. The summed E-state index contributed by atoms with van der Waals surface area (Å²) in [4.78, 5) is 0. The third kappa shape index (κ3) is 11.1. The van der Waals surface area contributed by atoms with Crippen LogP contribution in [0.15, 0.2) is 25.1 Å². The molecule has 0 saturated heterocycles. The van der Waals surface area contributed by atoms with Crippen LogP contribution in [0, 0.1) is 0 Å². The highest BCUT2D eigenvalue weighted by Crippen LogP contribution is 1.87. The molecule has 0 heterocycles. The van der Waals surface area contributed by atoms with Crippen LogP contribution in [0.4, 0.5) is 0 Å². The molecule has 0 aromatic carbocycles. The molecule has 0 bridgehead atoms. The quantitative estimate of drug-likeness (QED) is 0.614. The monoisotopic (exact) mass is 127 g/mol. The molecule has 0 rings (SSSR count). The summed E-state index contributed by atoms with van der Waals surface area (Å²) in [7, 11) is 0. The molecule has 0 unspecified atom stereocenters. The molecule has 0 aromatic rings. The molecule has 9 heavy (non-hydrogen) atoms. The molecule has 0 fully saturated rings. The van der Waals surface area contributed by atoms with Gasteiger partial charge in [-0.1, -0.05) is 33.9 Å². The van der Waals surface area contributed by atoms with Crippen molar-refractivity contribution in [2.75, 3.05) is 0 Å². The van der Waals surface area contributed by atoms with Gasteiger partial charge in [0.25, 0.3) is 0 Å². The van der Waals surface area contributed by atoms with E-state index in [0.29, 0.717) is 0 Å². The molecule has 54 valence electrons. The van der Waals surface area contributed by atoms with Crippen molar-refractivity contribution in [3.05, 3.63) is 25.1 Å². The maximum absolute atomic E-state index is 3.68. The zero-order valence-corrected chi connectivity index (χ0v) is 6.70. The predicted octanol–water partition coefficient (Wildman–Crippen LogP) is 2.67. The van der Waals surface area contributed by atoms with Crippen molar-refractivity contribution >= 4 is 0 Å². The Morgan fingerprint density at radius 1 is 1.56 bits per heavy atom. The molecule has 1 N–H and O–H groups in total. The fourth-order valence-electron chi connectivity index (χ4n) is 0.246. The Bertz CT molecular complexity index is 74.6. The molecule has 0 saturated carbocycles. The van der Waals surface area contributed by atoms with Crippen LogP contribution in [0.2, 0.25) is 0 Å². The fraction of sp³-hybridized carbons (Fsp3) is 0.500. The summed E-state index contributed by atoms with van der Waals surface area (Å²) in [5.74, 6) is 0. The second kappa shape index (κ2) is 10.3. The number of hydrogen-bond donors (Lipinski definition) is 1. The number of nitrogens with one attached hydrogen (secondary N) is 1. The van der Waals surface area contributed by atoms with Gasteiger partial charge < -0.3 is 5.32 Å². The molecular formula is C8H17N. The van der Waals surface area contributed by atoms with Gasteiger partial charge in [-0.25, -0.2) is 0 Å². The summed E-state index contributed by atoms with van der Waals surface area (Å²) in [5.41, 5.74) is 1.01. The van der Waals surface area contributed by atoms with Crippen LogP contribution in [0.3, 0.4) is 0 Å². The molecule has 0 aliphatic rings. The lowest BCUT2D eigenvalue weighted by Crippen LogP contribution is -1.99. The minimum atomic E-state index is 0.964. The molecule has 0 spiro atoms. The van der Waals surface area contributed by atoms with Crippen LogP contribution in [-0.4, -0.2) is 0 Å². The van der Waals surface area contributed by atoms with E-state index in [1.165, 1.54) is 0 Å². The molecule has 0 aromatic heterocycles. The first-order valence-corrected chi connectivity index (χ1v) is 3.36. The molecule has 0 aliphatic heterocycles. The average Bonchev–Trinajstić information content (AvgIpc) is 1.93. The lowest BCUT2D eigenvalue weighted by atomic mass is 10.4. The molecule has 0 amide bonds. The zero-order chi connectivity index (χ0) is 7.70. The van der Waals surface area contributed by atoms with Crippen LogP contribution >= 0.6 is 0 Å². The molecular weight excluding hydrogens is 110 g/mol. The smallest absolute Gasteiger partial charge is 0.00704 e. The first kappa shape index (κ1) is 11.1. The Labute approximate surface area is 58.5 Å². The van der Waals surface area contributed by atoms with E-state index in [-0.39, 0.29) is 0 Å². The average molecular weight is 127 g/mol. The summed E-state index contributed by atoms with van der Waals surface area (Å²) in [6, 6.07) is 0. The van der Waals surface area contributed by atoms with Gasteiger partial charge in [-0.15, -0.1) is 0 Å². The van der Waals surface area contributed by atoms with E-state index in [0.717, 1.165) is 12.1 Å². The zero-order valence-electron chi connectivity index (χ0n) is 6.70. The molecule has 0 atom stereocenters. The largest absolute Gasteiger partial charge is 0.366 e. The van der Waals surface area contributed by atoms with E-state index in [4.69, 9.17) is 0 Å². The first-order valence-electron chi connectivity index (χ1n) is 3.36. The Morgan fingerprint density at radius 3 is 2.11 bits per heavy atom. The lowest BCUT2D eigenvalue weighted by molar-refractivity contribution is 0.955. The SMILES string of the molecule is C=CNC(=C)CC.CC. The van der Waals surface area contributed by atoms with Crippen molar-refractivity contribution in [1.82, 2.24) is 5.32 Å². The van der Waals surface area contributed by atoms with Gasteiger partial charge in [0.2, 0.25) is 0 Å². The summed E-state index contributed by atoms with van der Waals surface area (Å²) < 4.78 is 0. The maximum Gasteiger partial charge on any atom is 0.00704 e. The number of allylic oxidation sites excluding steroid dienone is 1. The van der Waals surface area contributed by atoms with Crippen LogP contribution < -0.4 is 5.32 Å². The van der Waals surface area contributed by atoms with Crippen molar-refractivity contribution in [3.8, 4) is 0 Å². The summed E-state index contributed by atoms with van der Waals surface area (Å²) >= 11 is 0. The van der Waals surface area contributed by atoms with Crippen molar-refractivity contribution in [1.29, 1.82) is 0 Å². The van der Waals surface area contributed by atoms with Gasteiger partial charge in [-0.2, -0.15) is 0 Å². The van der Waals surface area contributed by atoms with Crippen molar-refractivity contribution in [2.24, 2.45) is 0 Å². The highest BCUT2D eigenvalue weighted by molar-refractivity contribution is 4.92. The standard InChI is InChI=1S/C6H11N.C2H6/c1-4-6(3)7-5-2;1-2/h5,7H,2-4H2,1H3;1-2H3. The van der Waals surface area contributed by atoms with Gasteiger partial charge in [0.1, 0.15) is 0 Å². The van der Waals surface area contributed by atoms with E-state index < -0.39 is 0 Å². The first-order chi connectivity index (χ1) is 4.31. The molecule has 1 heteroatoms. The van der Waals surface area contributed by atoms with Crippen LogP contribution in [0.25, 0.3) is 0 Å². The predicted molar refractivity (Wildman–Crippen MR) is 44.1 cm³/mol. The molecule has 1 nitrogen and oxygen atoms in total. The number of hydrogen-bond acceptors (Lipinski definition) is 1. The third-order valence-electron chi connectivity index (χ3n) is 0.733. The summed E-state index contributed by atoms with van der Waals surface area (Å²) in [6.45, 7) is 13.2. The lowest BCUT2D eigenvalue weighted by Gasteiger charge is -1.96. The minimum Gasteiger partial charge on any atom is -0.366 e. The summed E-state index contributed by atoms with van der Waals surface area (Å²) in [5, 5.41) is 2.86. The highest BCUT2D eigenvalue weighted by Gasteiger charge is 1.77. The maximum atomic E-state index is 3.68. The van der Waals surface area contributed by atoms with Gasteiger partial charge in [0.05, 0.1) is 0 Å². The normalized spacial score (nSPS) is 6.56. The number of rotatable bonds is 3. The van der Waals surface area contributed by atoms with E-state index in [1.54, 1.807) is 6.20 Å². The van der Waals surface area contributed by atoms with Crippen molar-refractivity contribution < 1.29 is 0 Å². The van der Waals surface area contributed by atoms with Crippen LogP contribution in [0.1, 0.15) is 27.2 Å². The van der Waals surface area contributed by atoms with Gasteiger partial charge in [0, 0.05) is 5.70 Å². The second-order valence-electron chi connectivity index (χ2n) is 1.31. The van der Waals surface area contributed by atoms with Gasteiger partial charge in [-0.05, 0) is 12.6 Å². The van der Waals surface area contributed by atoms with Gasteiger partial charge in [0.15, 0.2) is 0 Å². The van der Waals surface area contributed by atoms with E-state index in [9.17, 15) is 0 Å². The van der Waals surface area contributed by atoms with Crippen molar-refractivity contribution in [3.63, 3.8) is 0 Å². The topological polar surface area (TPSA) is 12.0 Å². The molecule has 0 aliphatic carbocycles. The minimum absolute atomic E-state index is 0.964.